The predicted octanol–water partition coefficient (Wildman–Crippen LogP) is 3.89. The van der Waals surface area contributed by atoms with Crippen molar-refractivity contribution in [2.75, 3.05) is 20.3 Å². The molecule has 0 saturated heterocycles. The number of methoxy groups -OCH3 is 1. The van der Waals surface area contributed by atoms with Gasteiger partial charge in [-0.2, -0.15) is 0 Å². The number of ether oxygens (including phenoxy) is 1. The van der Waals surface area contributed by atoms with Gasteiger partial charge in [-0.25, -0.2) is 9.18 Å². The van der Waals surface area contributed by atoms with E-state index in [2.05, 4.69) is 4.90 Å². The van der Waals surface area contributed by atoms with Crippen LogP contribution in [0.1, 0.15) is 16.7 Å². The van der Waals surface area contributed by atoms with Crippen molar-refractivity contribution in [1.29, 1.82) is 0 Å². The molecule has 0 saturated carbocycles. The van der Waals surface area contributed by atoms with Crippen molar-refractivity contribution >= 4 is 11.0 Å². The van der Waals surface area contributed by atoms with Crippen molar-refractivity contribution in [3.63, 3.8) is 0 Å². The average Bonchev–Trinajstić information content (AvgIpc) is 2.62. The summed E-state index contributed by atoms with van der Waals surface area (Å²) in [4.78, 5) is 14.1. The van der Waals surface area contributed by atoms with Crippen molar-refractivity contribution in [2.45, 2.75) is 20.0 Å². The lowest BCUT2D eigenvalue weighted by atomic mass is 10.1. The fraction of sp³-hybridized carbons (Fsp3) is 0.286. The highest BCUT2D eigenvalue weighted by atomic mass is 19.1. The van der Waals surface area contributed by atoms with Crippen LogP contribution in [-0.4, -0.2) is 25.2 Å². The molecule has 0 aliphatic carbocycles. The summed E-state index contributed by atoms with van der Waals surface area (Å²) in [7, 11) is 1.66. The molecule has 5 heteroatoms. The second kappa shape index (κ2) is 8.25. The molecule has 0 bridgehead atoms. The standard InChI is InChI=1S/C21H22FNO3/c1-15-3-8-20-19(11-15)17(12-21(24)26-20)14-23(9-10-25-2)13-16-4-6-18(22)7-5-16/h3-8,11-12H,9-10,13-14H2,1-2H3. The Morgan fingerprint density at radius 2 is 1.85 bits per heavy atom. The summed E-state index contributed by atoms with van der Waals surface area (Å²) in [5.41, 5.74) is 3.26. The van der Waals surface area contributed by atoms with Gasteiger partial charge in [0.25, 0.3) is 0 Å². The smallest absolute Gasteiger partial charge is 0.336 e. The minimum atomic E-state index is -0.357. The number of halogens is 1. The molecule has 0 fully saturated rings. The summed E-state index contributed by atoms with van der Waals surface area (Å²) in [6.45, 7) is 4.49. The zero-order valence-electron chi connectivity index (χ0n) is 15.0. The molecule has 3 rings (SSSR count). The Balaban J connectivity index is 1.90. The first kappa shape index (κ1) is 18.3. The fourth-order valence-corrected chi connectivity index (χ4v) is 3.00. The molecule has 1 heterocycles. The quantitative estimate of drug-likeness (QED) is 0.603. The van der Waals surface area contributed by atoms with Gasteiger partial charge in [0.05, 0.1) is 6.61 Å². The average molecular weight is 355 g/mol. The maximum Gasteiger partial charge on any atom is 0.336 e. The van der Waals surface area contributed by atoms with Gasteiger partial charge >= 0.3 is 5.63 Å². The molecule has 0 unspecified atom stereocenters. The molecule has 1 aromatic heterocycles. The number of hydrogen-bond donors (Lipinski definition) is 0. The number of rotatable bonds is 7. The summed E-state index contributed by atoms with van der Waals surface area (Å²) in [5.74, 6) is -0.251. The minimum Gasteiger partial charge on any atom is -0.423 e. The third-order valence-corrected chi connectivity index (χ3v) is 4.31. The highest BCUT2D eigenvalue weighted by Gasteiger charge is 2.12. The number of nitrogens with zero attached hydrogens (tertiary/aromatic N) is 1. The van der Waals surface area contributed by atoms with Gasteiger partial charge in [0.1, 0.15) is 11.4 Å². The lowest BCUT2D eigenvalue weighted by Crippen LogP contribution is -2.27. The number of benzene rings is 2. The van der Waals surface area contributed by atoms with E-state index in [0.29, 0.717) is 31.8 Å². The van der Waals surface area contributed by atoms with Crippen molar-refractivity contribution in [2.24, 2.45) is 0 Å². The number of hydrogen-bond acceptors (Lipinski definition) is 4. The van der Waals surface area contributed by atoms with Crippen molar-refractivity contribution in [3.8, 4) is 0 Å². The van der Waals surface area contributed by atoms with Crippen LogP contribution in [0.25, 0.3) is 11.0 Å². The Hall–Kier alpha value is -2.50. The molecule has 0 N–H and O–H groups in total. The van der Waals surface area contributed by atoms with Crippen LogP contribution in [0.2, 0.25) is 0 Å². The maximum absolute atomic E-state index is 13.2. The van der Waals surface area contributed by atoms with Crippen LogP contribution >= 0.6 is 0 Å². The lowest BCUT2D eigenvalue weighted by Gasteiger charge is -2.23. The second-order valence-electron chi connectivity index (χ2n) is 6.42. The predicted molar refractivity (Wildman–Crippen MR) is 99.6 cm³/mol. The van der Waals surface area contributed by atoms with E-state index >= 15 is 0 Å². The third kappa shape index (κ3) is 4.56. The molecule has 136 valence electrons. The fourth-order valence-electron chi connectivity index (χ4n) is 3.00. The van der Waals surface area contributed by atoms with E-state index in [4.69, 9.17) is 9.15 Å². The molecule has 0 amide bonds. The van der Waals surface area contributed by atoms with Gasteiger partial charge < -0.3 is 9.15 Å². The topological polar surface area (TPSA) is 42.7 Å². The first-order valence-corrected chi connectivity index (χ1v) is 8.54. The van der Waals surface area contributed by atoms with E-state index in [1.54, 1.807) is 25.3 Å². The van der Waals surface area contributed by atoms with E-state index in [-0.39, 0.29) is 11.4 Å². The Labute approximate surface area is 151 Å². The van der Waals surface area contributed by atoms with Gasteiger partial charge in [-0.05, 0) is 42.3 Å². The van der Waals surface area contributed by atoms with Crippen LogP contribution in [0.4, 0.5) is 4.39 Å². The third-order valence-electron chi connectivity index (χ3n) is 4.31. The lowest BCUT2D eigenvalue weighted by molar-refractivity contribution is 0.140. The molecule has 0 atom stereocenters. The van der Waals surface area contributed by atoms with Gasteiger partial charge in [0.15, 0.2) is 0 Å². The summed E-state index contributed by atoms with van der Waals surface area (Å²) in [6.07, 6.45) is 0. The van der Waals surface area contributed by atoms with Gasteiger partial charge in [0.2, 0.25) is 0 Å². The van der Waals surface area contributed by atoms with Crippen molar-refractivity contribution in [1.82, 2.24) is 4.90 Å². The Bertz CT molecular complexity index is 934. The summed E-state index contributed by atoms with van der Waals surface area (Å²) in [5, 5.41) is 0.936. The molecule has 3 aromatic rings. The van der Waals surface area contributed by atoms with Crippen LogP contribution in [0.15, 0.2) is 57.7 Å². The van der Waals surface area contributed by atoms with Gasteiger partial charge in [-0.1, -0.05) is 23.8 Å². The van der Waals surface area contributed by atoms with Crippen molar-refractivity contribution < 1.29 is 13.5 Å². The van der Waals surface area contributed by atoms with E-state index in [0.717, 1.165) is 22.1 Å². The normalized spacial score (nSPS) is 11.4. The first-order valence-electron chi connectivity index (χ1n) is 8.54. The zero-order valence-corrected chi connectivity index (χ0v) is 15.0. The SMILES string of the molecule is COCCN(Cc1ccc(F)cc1)Cc1cc(=O)oc2ccc(C)cc12. The summed E-state index contributed by atoms with van der Waals surface area (Å²) < 4.78 is 23.7. The monoisotopic (exact) mass is 355 g/mol. The zero-order chi connectivity index (χ0) is 18.5. The first-order chi connectivity index (χ1) is 12.5. The van der Waals surface area contributed by atoms with Gasteiger partial charge in [-0.3, -0.25) is 4.90 Å². The molecule has 0 spiro atoms. The Kier molecular flexibility index (Phi) is 5.81. The molecular formula is C21H22FNO3. The van der Waals surface area contributed by atoms with E-state index in [1.165, 1.54) is 12.1 Å². The van der Waals surface area contributed by atoms with E-state index in [1.807, 2.05) is 25.1 Å². The molecule has 0 radical (unpaired) electrons. The number of aryl methyl sites for hydroxylation is 1. The molecule has 26 heavy (non-hydrogen) atoms. The van der Waals surface area contributed by atoms with Gasteiger partial charge in [0, 0.05) is 38.2 Å². The van der Waals surface area contributed by atoms with Crippen LogP contribution in [-0.2, 0) is 17.8 Å². The highest BCUT2D eigenvalue weighted by molar-refractivity contribution is 5.80. The summed E-state index contributed by atoms with van der Waals surface area (Å²) >= 11 is 0. The van der Waals surface area contributed by atoms with Crippen molar-refractivity contribution in [3.05, 3.63) is 81.5 Å². The summed E-state index contributed by atoms with van der Waals surface area (Å²) in [6, 6.07) is 13.8. The molecule has 0 aliphatic heterocycles. The highest BCUT2D eigenvalue weighted by Crippen LogP contribution is 2.21. The van der Waals surface area contributed by atoms with Crippen LogP contribution in [0.3, 0.4) is 0 Å². The van der Waals surface area contributed by atoms with Crippen LogP contribution in [0.5, 0.6) is 0 Å². The van der Waals surface area contributed by atoms with E-state index in [9.17, 15) is 9.18 Å². The largest absolute Gasteiger partial charge is 0.423 e. The molecular weight excluding hydrogens is 333 g/mol. The second-order valence-corrected chi connectivity index (χ2v) is 6.42. The molecule has 4 nitrogen and oxygen atoms in total. The minimum absolute atomic E-state index is 0.251. The Morgan fingerprint density at radius 3 is 2.58 bits per heavy atom. The van der Waals surface area contributed by atoms with Gasteiger partial charge in [-0.15, -0.1) is 0 Å². The number of fused-ring (bicyclic) bond motifs is 1. The van der Waals surface area contributed by atoms with E-state index < -0.39 is 0 Å². The molecule has 2 aromatic carbocycles. The molecule has 0 aliphatic rings. The van der Waals surface area contributed by atoms with Crippen LogP contribution in [0, 0.1) is 12.7 Å². The Morgan fingerprint density at radius 1 is 1.08 bits per heavy atom. The van der Waals surface area contributed by atoms with Crippen LogP contribution < -0.4 is 5.63 Å². The maximum atomic E-state index is 13.2.